The molecule has 0 spiro atoms. The third-order valence-electron chi connectivity index (χ3n) is 2.29. The molecule has 0 aromatic heterocycles. The molecule has 1 aliphatic rings. The van der Waals surface area contributed by atoms with Gasteiger partial charge in [0.1, 0.15) is 0 Å². The van der Waals surface area contributed by atoms with Crippen molar-refractivity contribution < 1.29 is 0 Å². The average molecular weight is 154 g/mol. The molecule has 0 aromatic carbocycles. The molecule has 0 atom stereocenters. The second kappa shape index (κ2) is 3.77. The molecule has 0 saturated carbocycles. The molecule has 11 heavy (non-hydrogen) atoms. The van der Waals surface area contributed by atoms with E-state index in [0.717, 1.165) is 6.54 Å². The van der Waals surface area contributed by atoms with Crippen LogP contribution in [0.4, 0.5) is 0 Å². The first-order chi connectivity index (χ1) is 5.24. The third-order valence-corrected chi connectivity index (χ3v) is 2.29. The predicted octanol–water partition coefficient (Wildman–Crippen LogP) is 1.16. The third kappa shape index (κ3) is 2.22. The molecule has 0 saturated heterocycles. The minimum atomic E-state index is 1.13. The van der Waals surface area contributed by atoms with Crippen LogP contribution in [-0.2, 0) is 0 Å². The summed E-state index contributed by atoms with van der Waals surface area (Å²) in [7, 11) is 4.24. The summed E-state index contributed by atoms with van der Waals surface area (Å²) in [6, 6.07) is 0. The highest BCUT2D eigenvalue weighted by Crippen LogP contribution is 2.11. The number of hydrogen-bond acceptors (Lipinski definition) is 2. The van der Waals surface area contributed by atoms with Crippen LogP contribution < -0.4 is 0 Å². The summed E-state index contributed by atoms with van der Waals surface area (Å²) in [4.78, 5) is 4.67. The van der Waals surface area contributed by atoms with Crippen molar-refractivity contribution in [2.75, 3.05) is 33.7 Å². The van der Waals surface area contributed by atoms with Crippen molar-refractivity contribution in [1.82, 2.24) is 9.80 Å². The summed E-state index contributed by atoms with van der Waals surface area (Å²) in [5.74, 6) is 0. The lowest BCUT2D eigenvalue weighted by Crippen LogP contribution is -2.31. The fourth-order valence-corrected chi connectivity index (χ4v) is 1.39. The maximum atomic E-state index is 2.45. The first-order valence-corrected chi connectivity index (χ1v) is 4.32. The van der Waals surface area contributed by atoms with E-state index in [9.17, 15) is 0 Å². The van der Waals surface area contributed by atoms with E-state index in [1.807, 2.05) is 0 Å². The molecular formula is C9H18N2. The van der Waals surface area contributed by atoms with E-state index >= 15 is 0 Å². The normalized spacial score (nSPS) is 19.7. The minimum Gasteiger partial charge on any atom is -0.381 e. The van der Waals surface area contributed by atoms with Crippen molar-refractivity contribution in [2.45, 2.75) is 13.3 Å². The lowest BCUT2D eigenvalue weighted by Gasteiger charge is -2.28. The summed E-state index contributed by atoms with van der Waals surface area (Å²) in [6.45, 7) is 5.75. The second-order valence-electron chi connectivity index (χ2n) is 3.23. The molecule has 0 aromatic rings. The number of rotatable bonds is 2. The van der Waals surface area contributed by atoms with Gasteiger partial charge in [0.2, 0.25) is 0 Å². The van der Waals surface area contributed by atoms with Gasteiger partial charge in [0.05, 0.1) is 0 Å². The summed E-state index contributed by atoms with van der Waals surface area (Å²) in [6.07, 6.45) is 3.54. The van der Waals surface area contributed by atoms with Gasteiger partial charge in [0.15, 0.2) is 0 Å². The van der Waals surface area contributed by atoms with Crippen molar-refractivity contribution >= 4 is 0 Å². The molecule has 0 fully saturated rings. The molecule has 2 nitrogen and oxygen atoms in total. The van der Waals surface area contributed by atoms with Gasteiger partial charge in [-0.1, -0.05) is 13.0 Å². The average Bonchev–Trinajstić information content (AvgIpc) is 2.05. The molecule has 1 heterocycles. The maximum absolute atomic E-state index is 2.45. The van der Waals surface area contributed by atoms with Crippen LogP contribution >= 0.6 is 0 Å². The van der Waals surface area contributed by atoms with Crippen LogP contribution in [-0.4, -0.2) is 43.5 Å². The topological polar surface area (TPSA) is 6.48 Å². The molecule has 0 aliphatic carbocycles. The Balaban J connectivity index is 2.44. The second-order valence-corrected chi connectivity index (χ2v) is 3.23. The fraction of sp³-hybridized carbons (Fsp3) is 0.778. The standard InChI is InChI=1S/C9H18N2/c1-4-11-7-5-9(6-8-11)10(2)3/h5H,4,6-8H2,1-3H3. The maximum Gasteiger partial charge on any atom is 0.0183 e. The molecule has 1 aliphatic heterocycles. The Morgan fingerprint density at radius 2 is 2.27 bits per heavy atom. The van der Waals surface area contributed by atoms with Gasteiger partial charge in [-0.3, -0.25) is 4.90 Å². The van der Waals surface area contributed by atoms with E-state index in [4.69, 9.17) is 0 Å². The van der Waals surface area contributed by atoms with E-state index in [1.54, 1.807) is 0 Å². The highest BCUT2D eigenvalue weighted by Gasteiger charge is 2.09. The largest absolute Gasteiger partial charge is 0.381 e. The van der Waals surface area contributed by atoms with Gasteiger partial charge in [-0.05, 0) is 13.0 Å². The number of nitrogens with zero attached hydrogens (tertiary/aromatic N) is 2. The molecule has 0 bridgehead atoms. The van der Waals surface area contributed by atoms with Crippen LogP contribution in [0.2, 0.25) is 0 Å². The van der Waals surface area contributed by atoms with Crippen molar-refractivity contribution in [1.29, 1.82) is 0 Å². The molecule has 2 heteroatoms. The first-order valence-electron chi connectivity index (χ1n) is 4.32. The summed E-state index contributed by atoms with van der Waals surface area (Å²) < 4.78 is 0. The Hall–Kier alpha value is -0.500. The van der Waals surface area contributed by atoms with Gasteiger partial charge in [-0.25, -0.2) is 0 Å². The highest BCUT2D eigenvalue weighted by molar-refractivity contribution is 5.04. The monoisotopic (exact) mass is 154 g/mol. The Labute approximate surface area is 69.5 Å². The quantitative estimate of drug-likeness (QED) is 0.589. The van der Waals surface area contributed by atoms with Crippen LogP contribution in [0, 0.1) is 0 Å². The zero-order valence-corrected chi connectivity index (χ0v) is 7.80. The lowest BCUT2D eigenvalue weighted by molar-refractivity contribution is 0.289. The van der Waals surface area contributed by atoms with Crippen LogP contribution in [0.5, 0.6) is 0 Å². The molecule has 1 rings (SSSR count). The minimum absolute atomic E-state index is 1.13. The Morgan fingerprint density at radius 3 is 2.64 bits per heavy atom. The summed E-state index contributed by atoms with van der Waals surface area (Å²) in [5, 5.41) is 0. The van der Waals surface area contributed by atoms with Crippen molar-refractivity contribution in [3.63, 3.8) is 0 Å². The Morgan fingerprint density at radius 1 is 1.55 bits per heavy atom. The van der Waals surface area contributed by atoms with Gasteiger partial charge in [-0.2, -0.15) is 0 Å². The van der Waals surface area contributed by atoms with Crippen molar-refractivity contribution in [2.24, 2.45) is 0 Å². The number of likely N-dealkylation sites (N-methyl/N-ethyl adjacent to an activating group) is 1. The fourth-order valence-electron chi connectivity index (χ4n) is 1.39. The smallest absolute Gasteiger partial charge is 0.0183 e. The van der Waals surface area contributed by atoms with Crippen molar-refractivity contribution in [3.05, 3.63) is 11.8 Å². The van der Waals surface area contributed by atoms with Crippen molar-refractivity contribution in [3.8, 4) is 0 Å². The van der Waals surface area contributed by atoms with E-state index in [-0.39, 0.29) is 0 Å². The van der Waals surface area contributed by atoms with Crippen LogP contribution in [0.25, 0.3) is 0 Å². The van der Waals surface area contributed by atoms with E-state index in [1.165, 1.54) is 25.2 Å². The van der Waals surface area contributed by atoms with Crippen LogP contribution in [0.3, 0.4) is 0 Å². The molecule has 64 valence electrons. The number of hydrogen-bond donors (Lipinski definition) is 0. The summed E-state index contributed by atoms with van der Waals surface area (Å²) >= 11 is 0. The predicted molar refractivity (Wildman–Crippen MR) is 48.5 cm³/mol. The highest BCUT2D eigenvalue weighted by atomic mass is 15.1. The summed E-state index contributed by atoms with van der Waals surface area (Å²) in [5.41, 5.74) is 1.48. The zero-order chi connectivity index (χ0) is 8.27. The molecule has 0 unspecified atom stereocenters. The van der Waals surface area contributed by atoms with Gasteiger partial charge in [0.25, 0.3) is 0 Å². The Kier molecular flexibility index (Phi) is 2.94. The van der Waals surface area contributed by atoms with Gasteiger partial charge >= 0.3 is 0 Å². The van der Waals surface area contributed by atoms with Crippen LogP contribution in [0.15, 0.2) is 11.8 Å². The first kappa shape index (κ1) is 8.60. The van der Waals surface area contributed by atoms with Crippen LogP contribution in [0.1, 0.15) is 13.3 Å². The molecule has 0 amide bonds. The van der Waals surface area contributed by atoms with Gasteiger partial charge in [-0.15, -0.1) is 0 Å². The zero-order valence-electron chi connectivity index (χ0n) is 7.80. The van der Waals surface area contributed by atoms with E-state index in [0.29, 0.717) is 0 Å². The SMILES string of the molecule is CCN1CC=C(N(C)C)CC1. The van der Waals surface area contributed by atoms with E-state index < -0.39 is 0 Å². The van der Waals surface area contributed by atoms with Gasteiger partial charge < -0.3 is 4.90 Å². The molecule has 0 N–H and O–H groups in total. The lowest BCUT2D eigenvalue weighted by atomic mass is 10.2. The van der Waals surface area contributed by atoms with Gasteiger partial charge in [0, 0.05) is 32.9 Å². The van der Waals surface area contributed by atoms with E-state index in [2.05, 4.69) is 36.9 Å². The molecular weight excluding hydrogens is 136 g/mol. The Bertz CT molecular complexity index is 150. The molecule has 0 radical (unpaired) electrons.